The van der Waals surface area contributed by atoms with Gasteiger partial charge in [0.15, 0.2) is 0 Å². The second-order valence-corrected chi connectivity index (χ2v) is 3.18. The Morgan fingerprint density at radius 3 is 2.90 bits per heavy atom. The molecule has 2 nitrogen and oxygen atoms in total. The van der Waals surface area contributed by atoms with E-state index in [1.54, 1.807) is 11.3 Å². The highest BCUT2D eigenvalue weighted by atomic mass is 32.1. The van der Waals surface area contributed by atoms with E-state index < -0.39 is 0 Å². The van der Waals surface area contributed by atoms with Crippen LogP contribution in [0.1, 0.15) is 17.3 Å². The molecule has 4 N–H and O–H groups in total. The summed E-state index contributed by atoms with van der Waals surface area (Å²) < 4.78 is 0. The highest BCUT2D eigenvalue weighted by Gasteiger charge is 2.03. The van der Waals surface area contributed by atoms with E-state index in [-0.39, 0.29) is 6.04 Å². The summed E-state index contributed by atoms with van der Waals surface area (Å²) in [5.74, 6) is 0. The largest absolute Gasteiger partial charge is 0.330 e. The third-order valence-electron chi connectivity index (χ3n) is 1.39. The van der Waals surface area contributed by atoms with Crippen LogP contribution in [0.4, 0.5) is 0 Å². The molecule has 0 saturated carbocycles. The van der Waals surface area contributed by atoms with Crippen molar-refractivity contribution in [1.82, 2.24) is 0 Å². The molecule has 0 aliphatic rings. The van der Waals surface area contributed by atoms with Gasteiger partial charge in [-0.15, -0.1) is 11.3 Å². The van der Waals surface area contributed by atoms with Crippen molar-refractivity contribution in [2.75, 3.05) is 6.54 Å². The Kier molecular flexibility index (Phi) is 2.86. The van der Waals surface area contributed by atoms with Gasteiger partial charge in [0.05, 0.1) is 0 Å². The predicted molar refractivity (Wildman–Crippen MR) is 44.9 cm³/mol. The first-order valence-corrected chi connectivity index (χ1v) is 4.21. The SMILES string of the molecule is NCC[C@@H](N)c1cccs1. The van der Waals surface area contributed by atoms with Crippen LogP contribution in [0.5, 0.6) is 0 Å². The Morgan fingerprint density at radius 1 is 1.60 bits per heavy atom. The summed E-state index contributed by atoms with van der Waals surface area (Å²) in [4.78, 5) is 1.23. The summed E-state index contributed by atoms with van der Waals surface area (Å²) in [6.07, 6.45) is 0.876. The van der Waals surface area contributed by atoms with E-state index in [0.29, 0.717) is 6.54 Å². The first-order chi connectivity index (χ1) is 4.84. The maximum absolute atomic E-state index is 5.78. The van der Waals surface area contributed by atoms with Gasteiger partial charge in [-0.3, -0.25) is 0 Å². The lowest BCUT2D eigenvalue weighted by molar-refractivity contribution is 0.672. The van der Waals surface area contributed by atoms with Gasteiger partial charge in [-0.2, -0.15) is 0 Å². The van der Waals surface area contributed by atoms with Gasteiger partial charge in [0.2, 0.25) is 0 Å². The molecule has 0 unspecified atom stereocenters. The maximum Gasteiger partial charge on any atom is 0.0401 e. The topological polar surface area (TPSA) is 52.0 Å². The Hall–Kier alpha value is -0.380. The van der Waals surface area contributed by atoms with Crippen LogP contribution in [-0.2, 0) is 0 Å². The summed E-state index contributed by atoms with van der Waals surface area (Å²) in [6, 6.07) is 4.20. The molecular weight excluding hydrogens is 144 g/mol. The molecule has 0 saturated heterocycles. The van der Waals surface area contributed by atoms with Gasteiger partial charge in [0.1, 0.15) is 0 Å². The molecule has 1 rings (SSSR count). The molecule has 0 fully saturated rings. The minimum absolute atomic E-state index is 0.144. The molecule has 10 heavy (non-hydrogen) atoms. The third kappa shape index (κ3) is 1.80. The fraction of sp³-hybridized carbons (Fsp3) is 0.429. The van der Waals surface area contributed by atoms with E-state index in [1.165, 1.54) is 4.88 Å². The van der Waals surface area contributed by atoms with E-state index in [4.69, 9.17) is 11.5 Å². The standard InChI is InChI=1S/C7H12N2S/c8-4-3-6(9)7-2-1-5-10-7/h1-2,5-6H,3-4,8-9H2/t6-/m1/s1. The first kappa shape index (κ1) is 7.72. The number of nitrogens with two attached hydrogens (primary N) is 2. The van der Waals surface area contributed by atoms with Crippen LogP contribution in [0.25, 0.3) is 0 Å². The Bertz CT molecular complexity index is 172. The minimum Gasteiger partial charge on any atom is -0.330 e. The molecule has 56 valence electrons. The molecule has 1 atom stereocenters. The Labute approximate surface area is 64.8 Å². The van der Waals surface area contributed by atoms with Crippen LogP contribution >= 0.6 is 11.3 Å². The maximum atomic E-state index is 5.78. The summed E-state index contributed by atoms with van der Waals surface area (Å²) in [5.41, 5.74) is 11.1. The van der Waals surface area contributed by atoms with Crippen LogP contribution in [0.3, 0.4) is 0 Å². The van der Waals surface area contributed by atoms with Gasteiger partial charge in [-0.25, -0.2) is 0 Å². The van der Waals surface area contributed by atoms with Crippen molar-refractivity contribution >= 4 is 11.3 Å². The van der Waals surface area contributed by atoms with Gasteiger partial charge in [-0.05, 0) is 24.4 Å². The molecule has 3 heteroatoms. The molecule has 1 aromatic heterocycles. The van der Waals surface area contributed by atoms with Gasteiger partial charge >= 0.3 is 0 Å². The van der Waals surface area contributed by atoms with Crippen molar-refractivity contribution in [2.45, 2.75) is 12.5 Å². The lowest BCUT2D eigenvalue weighted by atomic mass is 10.2. The number of thiophene rings is 1. The highest BCUT2D eigenvalue weighted by Crippen LogP contribution is 2.18. The number of hydrogen-bond acceptors (Lipinski definition) is 3. The molecule has 0 bridgehead atoms. The first-order valence-electron chi connectivity index (χ1n) is 3.33. The van der Waals surface area contributed by atoms with Crippen molar-refractivity contribution < 1.29 is 0 Å². The second-order valence-electron chi connectivity index (χ2n) is 2.20. The monoisotopic (exact) mass is 156 g/mol. The zero-order valence-electron chi connectivity index (χ0n) is 5.79. The molecule has 1 aromatic rings. The predicted octanol–water partition coefficient (Wildman–Crippen LogP) is 1.10. The normalized spacial score (nSPS) is 13.4. The molecule has 0 aromatic carbocycles. The lowest BCUT2D eigenvalue weighted by Gasteiger charge is -2.05. The van der Waals surface area contributed by atoms with Crippen LogP contribution in [0, 0.1) is 0 Å². The summed E-state index contributed by atoms with van der Waals surface area (Å²) >= 11 is 1.69. The highest BCUT2D eigenvalue weighted by molar-refractivity contribution is 7.10. The van der Waals surface area contributed by atoms with Crippen molar-refractivity contribution in [1.29, 1.82) is 0 Å². The van der Waals surface area contributed by atoms with Gasteiger partial charge in [0.25, 0.3) is 0 Å². The van der Waals surface area contributed by atoms with Gasteiger partial charge in [-0.1, -0.05) is 6.07 Å². The molecule has 0 aliphatic heterocycles. The van der Waals surface area contributed by atoms with E-state index in [9.17, 15) is 0 Å². The Morgan fingerprint density at radius 2 is 2.40 bits per heavy atom. The van der Waals surface area contributed by atoms with E-state index in [0.717, 1.165) is 6.42 Å². The molecule has 0 aliphatic carbocycles. The average molecular weight is 156 g/mol. The van der Waals surface area contributed by atoms with E-state index in [2.05, 4.69) is 0 Å². The third-order valence-corrected chi connectivity index (χ3v) is 2.39. The van der Waals surface area contributed by atoms with Gasteiger partial charge < -0.3 is 11.5 Å². The number of rotatable bonds is 3. The zero-order chi connectivity index (χ0) is 7.40. The van der Waals surface area contributed by atoms with Gasteiger partial charge in [0, 0.05) is 10.9 Å². The smallest absolute Gasteiger partial charge is 0.0401 e. The molecule has 1 heterocycles. The fourth-order valence-electron chi connectivity index (χ4n) is 0.824. The second kappa shape index (κ2) is 3.71. The minimum atomic E-state index is 0.144. The molecule has 0 amide bonds. The van der Waals surface area contributed by atoms with Crippen LogP contribution < -0.4 is 11.5 Å². The van der Waals surface area contributed by atoms with Crippen molar-refractivity contribution in [2.24, 2.45) is 11.5 Å². The van der Waals surface area contributed by atoms with Crippen molar-refractivity contribution in [3.8, 4) is 0 Å². The summed E-state index contributed by atoms with van der Waals surface area (Å²) in [7, 11) is 0. The Balaban J connectivity index is 2.50. The van der Waals surface area contributed by atoms with E-state index in [1.807, 2.05) is 17.5 Å². The summed E-state index contributed by atoms with van der Waals surface area (Å²) in [5, 5.41) is 2.03. The average Bonchev–Trinajstić information content (AvgIpc) is 2.38. The number of hydrogen-bond donors (Lipinski definition) is 2. The van der Waals surface area contributed by atoms with E-state index >= 15 is 0 Å². The molecule has 0 radical (unpaired) electrons. The lowest BCUT2D eigenvalue weighted by Crippen LogP contribution is -2.13. The fourth-order valence-corrected chi connectivity index (χ4v) is 1.59. The zero-order valence-corrected chi connectivity index (χ0v) is 6.60. The molecular formula is C7H12N2S. The van der Waals surface area contributed by atoms with Crippen LogP contribution in [0.15, 0.2) is 17.5 Å². The van der Waals surface area contributed by atoms with Crippen LogP contribution in [0.2, 0.25) is 0 Å². The summed E-state index contributed by atoms with van der Waals surface area (Å²) in [6.45, 7) is 0.666. The van der Waals surface area contributed by atoms with Crippen molar-refractivity contribution in [3.05, 3.63) is 22.4 Å². The van der Waals surface area contributed by atoms with Crippen molar-refractivity contribution in [3.63, 3.8) is 0 Å². The molecule has 0 spiro atoms. The quantitative estimate of drug-likeness (QED) is 0.688. The van der Waals surface area contributed by atoms with Crippen LogP contribution in [-0.4, -0.2) is 6.54 Å².